The number of carboxylic acids is 1. The molecule has 1 saturated heterocycles. The number of aromatic carboxylic acids is 1. The minimum Gasteiger partial charge on any atom is -0.478 e. The smallest absolute Gasteiger partial charge is 0.335 e. The number of nitrogens with zero attached hydrogens (tertiary/aromatic N) is 2. The molecule has 0 aliphatic carbocycles. The Bertz CT molecular complexity index is 712. The zero-order valence-electron chi connectivity index (χ0n) is 13.5. The number of halogens is 1. The highest BCUT2D eigenvalue weighted by Crippen LogP contribution is 2.15. The number of rotatable bonds is 5. The van der Waals surface area contributed by atoms with Crippen LogP contribution < -0.4 is 0 Å². The number of hydrogen-bond donors (Lipinski definition) is 1. The second-order valence-electron chi connectivity index (χ2n) is 6.19. The van der Waals surface area contributed by atoms with Crippen molar-refractivity contribution in [3.8, 4) is 0 Å². The van der Waals surface area contributed by atoms with Gasteiger partial charge in [-0.2, -0.15) is 0 Å². The maximum Gasteiger partial charge on any atom is 0.335 e. The standard InChI is InChI=1S/C19H21ClN2O2/c20-18-6-2-4-16(12-18)14-22-9-7-21(8-10-22)13-15-3-1-5-17(11-15)19(23)24/h1-6,11-12H,7-10,13-14H2,(H,23,24). The van der Waals surface area contributed by atoms with Gasteiger partial charge in [-0.3, -0.25) is 9.80 Å². The molecule has 0 unspecified atom stereocenters. The molecule has 0 spiro atoms. The molecule has 1 heterocycles. The SMILES string of the molecule is O=C(O)c1cccc(CN2CCN(Cc3cccc(Cl)c3)CC2)c1. The Hall–Kier alpha value is -1.88. The van der Waals surface area contributed by atoms with Gasteiger partial charge >= 0.3 is 5.97 Å². The van der Waals surface area contributed by atoms with Crippen LogP contribution in [0.2, 0.25) is 5.02 Å². The summed E-state index contributed by atoms with van der Waals surface area (Å²) in [6.45, 7) is 5.70. The predicted molar refractivity (Wildman–Crippen MR) is 95.4 cm³/mol. The van der Waals surface area contributed by atoms with E-state index in [9.17, 15) is 4.79 Å². The lowest BCUT2D eigenvalue weighted by Crippen LogP contribution is -2.45. The summed E-state index contributed by atoms with van der Waals surface area (Å²) >= 11 is 6.04. The lowest BCUT2D eigenvalue weighted by atomic mass is 10.1. The molecule has 5 heteroatoms. The Kier molecular flexibility index (Phi) is 5.51. The van der Waals surface area contributed by atoms with Crippen LogP contribution in [0.1, 0.15) is 21.5 Å². The number of hydrogen-bond acceptors (Lipinski definition) is 3. The van der Waals surface area contributed by atoms with E-state index < -0.39 is 5.97 Å². The Balaban J connectivity index is 1.52. The first-order valence-electron chi connectivity index (χ1n) is 8.11. The Morgan fingerprint density at radius 3 is 2.00 bits per heavy atom. The van der Waals surface area contributed by atoms with Gasteiger partial charge in [0.05, 0.1) is 5.56 Å². The number of carbonyl (C=O) groups is 1. The lowest BCUT2D eigenvalue weighted by Gasteiger charge is -2.34. The highest BCUT2D eigenvalue weighted by Gasteiger charge is 2.17. The first-order chi connectivity index (χ1) is 11.6. The van der Waals surface area contributed by atoms with Crippen LogP contribution >= 0.6 is 11.6 Å². The van der Waals surface area contributed by atoms with Crippen molar-refractivity contribution < 1.29 is 9.90 Å². The van der Waals surface area contributed by atoms with Gasteiger partial charge in [-0.25, -0.2) is 4.79 Å². The third-order valence-electron chi connectivity index (χ3n) is 4.34. The monoisotopic (exact) mass is 344 g/mol. The summed E-state index contributed by atoms with van der Waals surface area (Å²) in [4.78, 5) is 15.9. The van der Waals surface area contributed by atoms with Crippen molar-refractivity contribution in [3.05, 3.63) is 70.2 Å². The minimum atomic E-state index is -0.872. The van der Waals surface area contributed by atoms with Crippen LogP contribution in [0, 0.1) is 0 Å². The molecule has 0 atom stereocenters. The number of piperazine rings is 1. The van der Waals surface area contributed by atoms with Crippen molar-refractivity contribution in [2.45, 2.75) is 13.1 Å². The summed E-state index contributed by atoms with van der Waals surface area (Å²) in [5.41, 5.74) is 2.65. The van der Waals surface area contributed by atoms with Gasteiger partial charge in [0, 0.05) is 44.3 Å². The third-order valence-corrected chi connectivity index (χ3v) is 4.58. The van der Waals surface area contributed by atoms with Crippen LogP contribution in [0.15, 0.2) is 48.5 Å². The predicted octanol–water partition coefficient (Wildman–Crippen LogP) is 3.36. The highest BCUT2D eigenvalue weighted by molar-refractivity contribution is 6.30. The third kappa shape index (κ3) is 4.57. The molecule has 1 aliphatic heterocycles. The molecular weight excluding hydrogens is 324 g/mol. The molecule has 0 radical (unpaired) electrons. The summed E-state index contributed by atoms with van der Waals surface area (Å²) in [5.74, 6) is -0.872. The second kappa shape index (κ2) is 7.79. The molecule has 0 aromatic heterocycles. The van der Waals surface area contributed by atoms with E-state index in [1.165, 1.54) is 5.56 Å². The quantitative estimate of drug-likeness (QED) is 0.903. The largest absolute Gasteiger partial charge is 0.478 e. The van der Waals surface area contributed by atoms with Gasteiger partial charge in [-0.05, 0) is 35.4 Å². The van der Waals surface area contributed by atoms with E-state index in [4.69, 9.17) is 16.7 Å². The average molecular weight is 345 g/mol. The zero-order valence-corrected chi connectivity index (χ0v) is 14.2. The summed E-state index contributed by atoms with van der Waals surface area (Å²) in [5, 5.41) is 9.86. The van der Waals surface area contributed by atoms with Crippen LogP contribution in [-0.2, 0) is 13.1 Å². The first-order valence-corrected chi connectivity index (χ1v) is 8.49. The maximum absolute atomic E-state index is 11.1. The van der Waals surface area contributed by atoms with Crippen LogP contribution in [0.4, 0.5) is 0 Å². The Morgan fingerprint density at radius 1 is 0.917 bits per heavy atom. The highest BCUT2D eigenvalue weighted by atomic mass is 35.5. The molecule has 2 aromatic rings. The minimum absolute atomic E-state index is 0.354. The average Bonchev–Trinajstić information content (AvgIpc) is 2.57. The maximum atomic E-state index is 11.1. The van der Waals surface area contributed by atoms with Gasteiger partial charge in [0.2, 0.25) is 0 Å². The molecule has 0 bridgehead atoms. The van der Waals surface area contributed by atoms with Gasteiger partial charge in [-0.15, -0.1) is 0 Å². The Labute approximate surface area is 147 Å². The topological polar surface area (TPSA) is 43.8 Å². The van der Waals surface area contributed by atoms with E-state index in [1.807, 2.05) is 30.3 Å². The fourth-order valence-corrected chi connectivity index (χ4v) is 3.27. The summed E-state index contributed by atoms with van der Waals surface area (Å²) in [6, 6.07) is 15.2. The Morgan fingerprint density at radius 2 is 1.46 bits per heavy atom. The lowest BCUT2D eigenvalue weighted by molar-refractivity contribution is 0.0696. The van der Waals surface area contributed by atoms with Crippen LogP contribution in [0.25, 0.3) is 0 Å². The van der Waals surface area contributed by atoms with E-state index in [0.29, 0.717) is 5.56 Å². The fraction of sp³-hybridized carbons (Fsp3) is 0.316. The molecule has 126 valence electrons. The van der Waals surface area contributed by atoms with Gasteiger partial charge in [0.25, 0.3) is 0 Å². The summed E-state index contributed by atoms with van der Waals surface area (Å²) < 4.78 is 0. The van der Waals surface area contributed by atoms with Crippen molar-refractivity contribution in [1.82, 2.24) is 9.80 Å². The molecule has 1 fully saturated rings. The number of benzene rings is 2. The van der Waals surface area contributed by atoms with Crippen molar-refractivity contribution in [1.29, 1.82) is 0 Å². The van der Waals surface area contributed by atoms with Gasteiger partial charge in [-0.1, -0.05) is 35.9 Å². The molecule has 24 heavy (non-hydrogen) atoms. The van der Waals surface area contributed by atoms with Crippen molar-refractivity contribution >= 4 is 17.6 Å². The van der Waals surface area contributed by atoms with Gasteiger partial charge in [0.1, 0.15) is 0 Å². The van der Waals surface area contributed by atoms with E-state index in [2.05, 4.69) is 15.9 Å². The molecular formula is C19H21ClN2O2. The molecule has 1 aliphatic rings. The molecule has 4 nitrogen and oxygen atoms in total. The van der Waals surface area contributed by atoms with Crippen LogP contribution in [0.3, 0.4) is 0 Å². The van der Waals surface area contributed by atoms with E-state index >= 15 is 0 Å². The number of carboxylic acid groups (broad SMARTS) is 1. The molecule has 0 amide bonds. The van der Waals surface area contributed by atoms with Gasteiger partial charge < -0.3 is 5.11 Å². The molecule has 0 saturated carbocycles. The fourth-order valence-electron chi connectivity index (χ4n) is 3.06. The molecule has 3 rings (SSSR count). The normalized spacial score (nSPS) is 16.2. The zero-order chi connectivity index (χ0) is 16.9. The molecule has 1 N–H and O–H groups in total. The summed E-state index contributed by atoms with van der Waals surface area (Å²) in [6.07, 6.45) is 0. The van der Waals surface area contributed by atoms with Crippen molar-refractivity contribution in [2.75, 3.05) is 26.2 Å². The van der Waals surface area contributed by atoms with E-state index in [-0.39, 0.29) is 0 Å². The van der Waals surface area contributed by atoms with Crippen molar-refractivity contribution in [3.63, 3.8) is 0 Å². The van der Waals surface area contributed by atoms with Crippen LogP contribution in [0.5, 0.6) is 0 Å². The van der Waals surface area contributed by atoms with Crippen LogP contribution in [-0.4, -0.2) is 47.1 Å². The van der Waals surface area contributed by atoms with Crippen molar-refractivity contribution in [2.24, 2.45) is 0 Å². The van der Waals surface area contributed by atoms with E-state index in [1.54, 1.807) is 12.1 Å². The second-order valence-corrected chi connectivity index (χ2v) is 6.62. The summed E-state index contributed by atoms with van der Waals surface area (Å²) in [7, 11) is 0. The van der Waals surface area contributed by atoms with Gasteiger partial charge in [0.15, 0.2) is 0 Å². The van der Waals surface area contributed by atoms with E-state index in [0.717, 1.165) is 49.9 Å². The molecule has 2 aromatic carbocycles. The first kappa shape index (κ1) is 17.0.